The first-order valence-corrected chi connectivity index (χ1v) is 20.0. The lowest BCUT2D eigenvalue weighted by atomic mass is 9.66. The quantitative estimate of drug-likeness (QED) is 0.182. The van der Waals surface area contributed by atoms with E-state index < -0.39 is 5.41 Å². The summed E-state index contributed by atoms with van der Waals surface area (Å²) in [7, 11) is 0. The van der Waals surface area contributed by atoms with Crippen LogP contribution in [-0.4, -0.2) is 5.71 Å². The molecule has 12 rings (SSSR count). The van der Waals surface area contributed by atoms with Crippen molar-refractivity contribution in [1.82, 2.24) is 5.32 Å². The van der Waals surface area contributed by atoms with Gasteiger partial charge in [-0.15, -0.1) is 0 Å². The Labute approximate surface area is 337 Å². The second-order valence-electron chi connectivity index (χ2n) is 15.5. The summed E-state index contributed by atoms with van der Waals surface area (Å²) in [6, 6.07) is 72.2. The molecule has 0 radical (unpaired) electrons. The fraction of sp³-hybridized carbons (Fsp3) is 0.0364. The number of hydrogen-bond donors (Lipinski definition) is 1. The van der Waals surface area contributed by atoms with E-state index in [1.165, 1.54) is 49.4 Å². The normalized spacial score (nSPS) is 15.7. The predicted octanol–water partition coefficient (Wildman–Crippen LogP) is 13.3. The minimum absolute atomic E-state index is 0.222. The summed E-state index contributed by atoms with van der Waals surface area (Å²) in [4.78, 5) is 5.27. The van der Waals surface area contributed by atoms with Gasteiger partial charge in [0, 0.05) is 22.4 Å². The van der Waals surface area contributed by atoms with Crippen LogP contribution in [0.5, 0.6) is 11.5 Å². The molecule has 0 amide bonds. The van der Waals surface area contributed by atoms with Crippen LogP contribution in [-0.2, 0) is 5.41 Å². The Morgan fingerprint density at radius 3 is 1.84 bits per heavy atom. The first-order chi connectivity index (χ1) is 28.7. The average Bonchev–Trinajstić information content (AvgIpc) is 3.59. The zero-order valence-electron chi connectivity index (χ0n) is 31.6. The Bertz CT molecular complexity index is 3130. The van der Waals surface area contributed by atoms with Crippen LogP contribution >= 0.6 is 0 Å². The molecule has 2 aliphatic heterocycles. The molecule has 3 nitrogen and oxygen atoms in total. The Kier molecular flexibility index (Phi) is 7.21. The van der Waals surface area contributed by atoms with Gasteiger partial charge in [0.2, 0.25) is 0 Å². The van der Waals surface area contributed by atoms with E-state index >= 15 is 0 Å². The highest BCUT2D eigenvalue weighted by atomic mass is 16.5. The van der Waals surface area contributed by atoms with Gasteiger partial charge in [0.25, 0.3) is 0 Å². The van der Waals surface area contributed by atoms with Gasteiger partial charge in [-0.05, 0) is 96.4 Å². The van der Waals surface area contributed by atoms with Crippen LogP contribution in [0.15, 0.2) is 211 Å². The second kappa shape index (κ2) is 12.8. The van der Waals surface area contributed by atoms with Gasteiger partial charge in [-0.25, -0.2) is 0 Å². The number of ether oxygens (including phenoxy) is 1. The number of rotatable bonds is 4. The molecule has 9 aromatic rings. The van der Waals surface area contributed by atoms with Crippen molar-refractivity contribution in [1.29, 1.82) is 0 Å². The van der Waals surface area contributed by atoms with Crippen LogP contribution in [0.3, 0.4) is 0 Å². The smallest absolute Gasteiger partial charge is 0.145 e. The number of benzene rings is 9. The van der Waals surface area contributed by atoms with Crippen molar-refractivity contribution in [3.63, 3.8) is 0 Å². The molecule has 1 N–H and O–H groups in total. The number of aliphatic imine (C=N–C) groups is 1. The molecular formula is C55H36N2O. The average molecular weight is 741 g/mol. The minimum atomic E-state index is -0.498. The standard InChI is InChI=1S/C55H36N2O/c1-2-13-38(14-3-1)54-56-50(34-51(57-54)41-28-30-43-40(32-41)27-24-36-12-4-5-15-42(36)43)37-25-22-35(23-26-37)39-29-31-53-49(33-39)55(48-20-10-11-21-52(48)58-53)46-18-8-6-16-44(46)45-17-7-9-19-47(45)55/h1-34,54,56H. The molecule has 3 heteroatoms. The van der Waals surface area contributed by atoms with E-state index in [9.17, 15) is 0 Å². The van der Waals surface area contributed by atoms with Crippen LogP contribution < -0.4 is 10.1 Å². The number of hydrogen-bond acceptors (Lipinski definition) is 3. The van der Waals surface area contributed by atoms with Crippen molar-refractivity contribution in [2.24, 2.45) is 4.99 Å². The Morgan fingerprint density at radius 1 is 0.431 bits per heavy atom. The lowest BCUT2D eigenvalue weighted by molar-refractivity contribution is 0.436. The zero-order chi connectivity index (χ0) is 38.2. The van der Waals surface area contributed by atoms with Crippen molar-refractivity contribution in [2.45, 2.75) is 11.6 Å². The molecule has 1 spiro atoms. The highest BCUT2D eigenvalue weighted by molar-refractivity contribution is 6.16. The van der Waals surface area contributed by atoms with Crippen LogP contribution in [0.1, 0.15) is 45.1 Å². The number of nitrogens with one attached hydrogen (secondary N) is 1. The molecule has 0 aromatic heterocycles. The van der Waals surface area contributed by atoms with Gasteiger partial charge in [0.05, 0.1) is 11.1 Å². The molecular weight excluding hydrogens is 705 g/mol. The SMILES string of the molecule is C1=C(c2ccc(-c3ccc4c(c3)C3(c5ccccc5O4)c4ccccc4-c4ccccc43)cc2)NC(c2ccccc2)N=C1c1ccc2c(ccc3ccccc32)c1. The molecule has 0 fully saturated rings. The largest absolute Gasteiger partial charge is 0.457 e. The van der Waals surface area contributed by atoms with Crippen LogP contribution in [0.2, 0.25) is 0 Å². The Hall–Kier alpha value is -7.49. The number of para-hydroxylation sites is 1. The third kappa shape index (κ3) is 4.90. The monoisotopic (exact) mass is 740 g/mol. The maximum absolute atomic E-state index is 6.69. The Balaban J connectivity index is 0.949. The first-order valence-electron chi connectivity index (χ1n) is 20.0. The molecule has 3 aliphatic rings. The van der Waals surface area contributed by atoms with Gasteiger partial charge < -0.3 is 10.1 Å². The molecule has 0 saturated heterocycles. The Morgan fingerprint density at radius 2 is 1.03 bits per heavy atom. The summed E-state index contributed by atoms with van der Waals surface area (Å²) in [6.45, 7) is 0. The fourth-order valence-electron chi connectivity index (χ4n) is 9.70. The van der Waals surface area contributed by atoms with Crippen molar-refractivity contribution >= 4 is 33.0 Å². The van der Waals surface area contributed by atoms with E-state index in [-0.39, 0.29) is 6.17 Å². The van der Waals surface area contributed by atoms with Gasteiger partial charge in [0.1, 0.15) is 17.7 Å². The van der Waals surface area contributed by atoms with Gasteiger partial charge >= 0.3 is 0 Å². The van der Waals surface area contributed by atoms with E-state index in [1.54, 1.807) is 0 Å². The molecule has 2 heterocycles. The van der Waals surface area contributed by atoms with Gasteiger partial charge in [0.15, 0.2) is 0 Å². The number of fused-ring (bicyclic) bond motifs is 12. The summed E-state index contributed by atoms with van der Waals surface area (Å²) in [5, 5.41) is 8.74. The van der Waals surface area contributed by atoms with Crippen molar-refractivity contribution < 1.29 is 4.74 Å². The highest BCUT2D eigenvalue weighted by Gasteiger charge is 2.51. The maximum atomic E-state index is 6.69. The van der Waals surface area contributed by atoms with E-state index in [0.29, 0.717) is 0 Å². The molecule has 0 saturated carbocycles. The summed E-state index contributed by atoms with van der Waals surface area (Å²) < 4.78 is 6.69. The van der Waals surface area contributed by atoms with Crippen LogP contribution in [0, 0.1) is 0 Å². The summed E-state index contributed by atoms with van der Waals surface area (Å²) in [6.07, 6.45) is 1.98. The lowest BCUT2D eigenvalue weighted by Gasteiger charge is -2.39. The third-order valence-electron chi connectivity index (χ3n) is 12.4. The number of allylic oxidation sites excluding steroid dienone is 1. The van der Waals surface area contributed by atoms with Crippen molar-refractivity contribution in [2.75, 3.05) is 0 Å². The van der Waals surface area contributed by atoms with Crippen LogP contribution in [0.25, 0.3) is 49.5 Å². The highest BCUT2D eigenvalue weighted by Crippen LogP contribution is 2.62. The van der Waals surface area contributed by atoms with E-state index in [1.807, 2.05) is 0 Å². The molecule has 0 bridgehead atoms. The van der Waals surface area contributed by atoms with E-state index in [2.05, 4.69) is 212 Å². The zero-order valence-corrected chi connectivity index (χ0v) is 31.6. The summed E-state index contributed by atoms with van der Waals surface area (Å²) >= 11 is 0. The van der Waals surface area contributed by atoms with Crippen molar-refractivity contribution in [3.05, 3.63) is 245 Å². The first kappa shape index (κ1) is 32.7. The molecule has 1 aliphatic carbocycles. The van der Waals surface area contributed by atoms with Gasteiger partial charge in [-0.3, -0.25) is 4.99 Å². The topological polar surface area (TPSA) is 33.6 Å². The van der Waals surface area contributed by atoms with Gasteiger partial charge in [-0.1, -0.05) is 176 Å². The molecule has 1 atom stereocenters. The van der Waals surface area contributed by atoms with E-state index in [4.69, 9.17) is 9.73 Å². The summed E-state index contributed by atoms with van der Waals surface area (Å²) in [5.41, 5.74) is 14.6. The predicted molar refractivity (Wildman–Crippen MR) is 238 cm³/mol. The second-order valence-corrected chi connectivity index (χ2v) is 15.5. The summed E-state index contributed by atoms with van der Waals surface area (Å²) in [5.74, 6) is 1.79. The molecule has 58 heavy (non-hydrogen) atoms. The lowest BCUT2D eigenvalue weighted by Crippen LogP contribution is -2.32. The fourth-order valence-corrected chi connectivity index (χ4v) is 9.70. The van der Waals surface area contributed by atoms with Crippen LogP contribution in [0.4, 0.5) is 0 Å². The maximum Gasteiger partial charge on any atom is 0.145 e. The molecule has 9 aromatic carbocycles. The van der Waals surface area contributed by atoms with Gasteiger partial charge in [-0.2, -0.15) is 0 Å². The van der Waals surface area contributed by atoms with E-state index in [0.717, 1.165) is 56.3 Å². The third-order valence-corrected chi connectivity index (χ3v) is 12.4. The van der Waals surface area contributed by atoms with Crippen molar-refractivity contribution in [3.8, 4) is 33.8 Å². The molecule has 1 unspecified atom stereocenters. The molecule has 272 valence electrons. The number of nitrogens with zero attached hydrogens (tertiary/aromatic N) is 1. The minimum Gasteiger partial charge on any atom is -0.457 e.